The molecular formula is C14H22F2O5S. The highest BCUT2D eigenvalue weighted by Crippen LogP contribution is 2.61. The van der Waals surface area contributed by atoms with Crippen molar-refractivity contribution in [3.63, 3.8) is 0 Å². The molecule has 2 N–H and O–H groups in total. The number of ether oxygens (including phenoxy) is 1. The van der Waals surface area contributed by atoms with Crippen LogP contribution >= 0.6 is 0 Å². The molecule has 0 aromatic carbocycles. The van der Waals surface area contributed by atoms with E-state index in [2.05, 4.69) is 0 Å². The summed E-state index contributed by atoms with van der Waals surface area (Å²) in [6.07, 6.45) is 5.45. The van der Waals surface area contributed by atoms with E-state index < -0.39 is 28.1 Å². The van der Waals surface area contributed by atoms with Crippen LogP contribution in [0.3, 0.4) is 0 Å². The second-order valence-electron chi connectivity index (χ2n) is 7.42. The number of aliphatic hydroxyl groups excluding tert-OH is 1. The molecule has 1 atom stereocenters. The van der Waals surface area contributed by atoms with Crippen molar-refractivity contribution in [3.05, 3.63) is 0 Å². The smallest absolute Gasteiger partial charge is 0.390 e. The van der Waals surface area contributed by atoms with Crippen molar-refractivity contribution in [1.82, 2.24) is 0 Å². The molecule has 0 aromatic rings. The van der Waals surface area contributed by atoms with Crippen LogP contribution in [-0.4, -0.2) is 42.6 Å². The van der Waals surface area contributed by atoms with Crippen molar-refractivity contribution in [2.24, 2.45) is 23.2 Å². The van der Waals surface area contributed by atoms with Crippen LogP contribution in [0.5, 0.6) is 0 Å². The maximum Gasteiger partial charge on any atom is 0.392 e. The van der Waals surface area contributed by atoms with Crippen LogP contribution in [-0.2, 0) is 14.9 Å². The lowest BCUT2D eigenvalue weighted by Crippen LogP contribution is -2.53. The Balaban J connectivity index is 1.58. The first-order chi connectivity index (χ1) is 10.1. The highest BCUT2D eigenvalue weighted by molar-refractivity contribution is 7.86. The summed E-state index contributed by atoms with van der Waals surface area (Å²) >= 11 is 0. The Morgan fingerprint density at radius 2 is 1.59 bits per heavy atom. The Morgan fingerprint density at radius 3 is 2.00 bits per heavy atom. The van der Waals surface area contributed by atoms with Gasteiger partial charge in [0.05, 0.1) is 12.7 Å². The van der Waals surface area contributed by atoms with E-state index in [0.29, 0.717) is 17.8 Å². The molecule has 4 bridgehead atoms. The van der Waals surface area contributed by atoms with Crippen LogP contribution in [0.4, 0.5) is 8.78 Å². The average molecular weight is 340 g/mol. The van der Waals surface area contributed by atoms with Crippen molar-refractivity contribution < 1.29 is 31.6 Å². The summed E-state index contributed by atoms with van der Waals surface area (Å²) in [7, 11) is -5.49. The van der Waals surface area contributed by atoms with Gasteiger partial charge in [-0.1, -0.05) is 0 Å². The third kappa shape index (κ3) is 2.90. The van der Waals surface area contributed by atoms with Crippen LogP contribution in [0, 0.1) is 23.2 Å². The maximum atomic E-state index is 13.1. The fraction of sp³-hybridized carbons (Fsp3) is 1.00. The van der Waals surface area contributed by atoms with E-state index in [0.717, 1.165) is 19.3 Å². The second-order valence-corrected chi connectivity index (χ2v) is 8.97. The first-order valence-corrected chi connectivity index (χ1v) is 9.16. The fourth-order valence-electron chi connectivity index (χ4n) is 5.13. The summed E-state index contributed by atoms with van der Waals surface area (Å²) in [5.74, 6) is 1.83. The third-order valence-corrected chi connectivity index (χ3v) is 6.59. The first kappa shape index (κ1) is 16.5. The summed E-state index contributed by atoms with van der Waals surface area (Å²) in [6.45, 7) is -1.76. The van der Waals surface area contributed by atoms with E-state index in [1.54, 1.807) is 0 Å². The molecule has 4 aliphatic carbocycles. The molecule has 4 fully saturated rings. The molecule has 8 heteroatoms. The molecular weight excluding hydrogens is 318 g/mol. The Labute approximate surface area is 128 Å². The molecule has 4 aliphatic rings. The van der Waals surface area contributed by atoms with Gasteiger partial charge in [0.15, 0.2) is 0 Å². The first-order valence-electron chi connectivity index (χ1n) is 7.72. The second kappa shape index (κ2) is 5.36. The van der Waals surface area contributed by atoms with Gasteiger partial charge in [-0.05, 0) is 61.7 Å². The third-order valence-electron chi connectivity index (χ3n) is 5.72. The number of alkyl halides is 2. The fourth-order valence-corrected chi connectivity index (χ4v) is 5.36. The molecule has 4 rings (SSSR count). The molecule has 0 aliphatic heterocycles. The SMILES string of the molecule is O=S(=O)(O)C(F)(F)COCC(O)C12CC3CC(CC(C3)C1)C2. The standard InChI is InChI=1S/C14H22F2O5S/c15-14(16,22(18,19)20)8-21-7-12(17)13-4-9-1-10(5-13)3-11(2-9)6-13/h9-12,17H,1-8H2,(H,18,19,20). The molecule has 4 saturated carbocycles. The van der Waals surface area contributed by atoms with Gasteiger partial charge in [-0.3, -0.25) is 4.55 Å². The Bertz CT molecular complexity index is 498. The van der Waals surface area contributed by atoms with Gasteiger partial charge in [0.25, 0.3) is 0 Å². The van der Waals surface area contributed by atoms with E-state index in [-0.39, 0.29) is 12.0 Å². The lowest BCUT2D eigenvalue weighted by atomic mass is 9.48. The van der Waals surface area contributed by atoms with Gasteiger partial charge >= 0.3 is 15.4 Å². The summed E-state index contributed by atoms with van der Waals surface area (Å²) in [4.78, 5) is 0. The molecule has 0 amide bonds. The molecule has 0 aromatic heterocycles. The van der Waals surface area contributed by atoms with Crippen molar-refractivity contribution in [2.45, 2.75) is 49.9 Å². The number of hydrogen-bond donors (Lipinski definition) is 2. The van der Waals surface area contributed by atoms with Gasteiger partial charge in [-0.15, -0.1) is 0 Å². The van der Waals surface area contributed by atoms with E-state index in [1.807, 2.05) is 0 Å². The molecule has 1 unspecified atom stereocenters. The largest absolute Gasteiger partial charge is 0.392 e. The lowest BCUT2D eigenvalue weighted by molar-refractivity contribution is -0.147. The van der Waals surface area contributed by atoms with Crippen molar-refractivity contribution in [2.75, 3.05) is 13.2 Å². The van der Waals surface area contributed by atoms with Gasteiger partial charge in [0.2, 0.25) is 0 Å². The van der Waals surface area contributed by atoms with Crippen LogP contribution in [0.25, 0.3) is 0 Å². The molecule has 0 saturated heterocycles. The van der Waals surface area contributed by atoms with Crippen LogP contribution in [0.1, 0.15) is 38.5 Å². The van der Waals surface area contributed by atoms with Crippen LogP contribution in [0.15, 0.2) is 0 Å². The summed E-state index contributed by atoms with van der Waals surface area (Å²) in [5.41, 5.74) is -0.262. The minimum atomic E-state index is -5.49. The summed E-state index contributed by atoms with van der Waals surface area (Å²) in [6, 6.07) is 0. The topological polar surface area (TPSA) is 83.8 Å². The van der Waals surface area contributed by atoms with Crippen molar-refractivity contribution >= 4 is 10.1 Å². The van der Waals surface area contributed by atoms with Gasteiger partial charge in [0.1, 0.15) is 6.61 Å². The van der Waals surface area contributed by atoms with Gasteiger partial charge in [0, 0.05) is 0 Å². The predicted molar refractivity (Wildman–Crippen MR) is 73.9 cm³/mol. The molecule has 5 nitrogen and oxygen atoms in total. The highest BCUT2D eigenvalue weighted by Gasteiger charge is 2.54. The number of aliphatic hydroxyl groups is 1. The zero-order valence-corrected chi connectivity index (χ0v) is 13.1. The van der Waals surface area contributed by atoms with Crippen LogP contribution < -0.4 is 0 Å². The predicted octanol–water partition coefficient (Wildman–Crippen LogP) is 2.06. The number of halogens is 2. The minimum absolute atomic E-state index is 0.262. The quantitative estimate of drug-likeness (QED) is 0.723. The highest BCUT2D eigenvalue weighted by atomic mass is 32.2. The summed E-state index contributed by atoms with van der Waals surface area (Å²) in [5, 5.41) is 6.09. The van der Waals surface area contributed by atoms with Crippen LogP contribution in [0.2, 0.25) is 0 Å². The van der Waals surface area contributed by atoms with Gasteiger partial charge < -0.3 is 9.84 Å². The monoisotopic (exact) mass is 340 g/mol. The Morgan fingerprint density at radius 1 is 1.14 bits per heavy atom. The van der Waals surface area contributed by atoms with Crippen molar-refractivity contribution in [1.29, 1.82) is 0 Å². The van der Waals surface area contributed by atoms with Gasteiger partial charge in [-0.25, -0.2) is 0 Å². The molecule has 0 spiro atoms. The number of rotatable bonds is 6. The normalized spacial score (nSPS) is 39.2. The zero-order chi connectivity index (χ0) is 16.2. The van der Waals surface area contributed by atoms with E-state index in [4.69, 9.17) is 9.29 Å². The van der Waals surface area contributed by atoms with Crippen molar-refractivity contribution in [3.8, 4) is 0 Å². The average Bonchev–Trinajstić information content (AvgIpc) is 2.35. The van der Waals surface area contributed by atoms with E-state index in [1.165, 1.54) is 19.3 Å². The lowest BCUT2D eigenvalue weighted by Gasteiger charge is -2.58. The van der Waals surface area contributed by atoms with E-state index in [9.17, 15) is 22.3 Å². The maximum absolute atomic E-state index is 13.1. The molecule has 0 radical (unpaired) electrons. The Hall–Kier alpha value is -0.310. The minimum Gasteiger partial charge on any atom is -0.390 e. The summed E-state index contributed by atoms with van der Waals surface area (Å²) < 4.78 is 60.4. The molecule has 22 heavy (non-hydrogen) atoms. The van der Waals surface area contributed by atoms with E-state index >= 15 is 0 Å². The molecule has 0 heterocycles. The van der Waals surface area contributed by atoms with Gasteiger partial charge in [-0.2, -0.15) is 17.2 Å². The zero-order valence-electron chi connectivity index (χ0n) is 12.2. The molecule has 128 valence electrons. The Kier molecular flexibility index (Phi) is 4.03. The number of hydrogen-bond acceptors (Lipinski definition) is 4.